The highest BCUT2D eigenvalue weighted by Gasteiger charge is 2.69. The van der Waals surface area contributed by atoms with Crippen molar-refractivity contribution in [2.75, 3.05) is 6.61 Å². The monoisotopic (exact) mass is 480 g/mol. The molecule has 11 heteroatoms. The molecule has 2 aromatic rings. The number of benzene rings is 1. The molecule has 3 saturated carbocycles. The molecule has 32 heavy (non-hydrogen) atoms. The number of ether oxygens (including phenoxy) is 2. The molecule has 3 aliphatic carbocycles. The third-order valence-corrected chi connectivity index (χ3v) is 6.77. The van der Waals surface area contributed by atoms with Crippen LogP contribution in [-0.4, -0.2) is 45.6 Å². The second kappa shape index (κ2) is 7.45. The van der Waals surface area contributed by atoms with Gasteiger partial charge in [0.25, 0.3) is 11.8 Å². The van der Waals surface area contributed by atoms with Crippen LogP contribution in [0, 0.1) is 0 Å². The van der Waals surface area contributed by atoms with E-state index < -0.39 is 12.3 Å². The van der Waals surface area contributed by atoms with Crippen LogP contribution in [-0.2, 0) is 4.79 Å². The number of fused-ring (bicyclic) bond motifs is 1. The van der Waals surface area contributed by atoms with Crippen molar-refractivity contribution >= 4 is 35.0 Å². The first kappa shape index (κ1) is 21.2. The molecule has 3 fully saturated rings. The van der Waals surface area contributed by atoms with Gasteiger partial charge in [-0.1, -0.05) is 23.2 Å². The molecular weight excluding hydrogens is 462 g/mol. The zero-order chi connectivity index (χ0) is 22.7. The van der Waals surface area contributed by atoms with Gasteiger partial charge in [-0.15, -0.1) is 0 Å². The van der Waals surface area contributed by atoms with Crippen molar-refractivity contribution in [3.63, 3.8) is 0 Å². The second-order valence-corrected chi connectivity index (χ2v) is 9.42. The molecule has 0 spiro atoms. The second-order valence-electron chi connectivity index (χ2n) is 8.61. The highest BCUT2D eigenvalue weighted by molar-refractivity contribution is 6.42. The quantitative estimate of drug-likeness (QED) is 0.681. The molecular formula is C21H19Cl2FN4O4. The summed E-state index contributed by atoms with van der Waals surface area (Å²) < 4.78 is 24.6. The fraction of sp³-hybridized carbons (Fsp3) is 0.429. The topological polar surface area (TPSA) is 102 Å². The molecule has 2 amide bonds. The van der Waals surface area contributed by atoms with Gasteiger partial charge in [-0.05, 0) is 26.2 Å². The Hall–Kier alpha value is -2.65. The molecule has 2 N–H and O–H groups in total. The summed E-state index contributed by atoms with van der Waals surface area (Å²) in [5.41, 5.74) is -0.443. The number of nitrogens with one attached hydrogen (secondary N) is 2. The standard InChI is InChI=1S/C21H19Cl2FN4O4/c1-10(24)13-4-26-14(5-25-13)18(29)27-20-7-21(8-20,9-20)28-19(30)17-6-31-15-2-11(22)12(23)3-16(15)32-17/h2-5,10,17H,6-9H2,1H3,(H,27,29)(H,28,30). The minimum Gasteiger partial charge on any atom is -0.485 e. The van der Waals surface area contributed by atoms with Crippen molar-refractivity contribution in [1.29, 1.82) is 0 Å². The number of nitrogens with zero attached hydrogens (tertiary/aromatic N) is 2. The maximum Gasteiger partial charge on any atom is 0.271 e. The van der Waals surface area contributed by atoms with Crippen LogP contribution < -0.4 is 20.1 Å². The molecule has 2 unspecified atom stereocenters. The van der Waals surface area contributed by atoms with E-state index >= 15 is 0 Å². The summed E-state index contributed by atoms with van der Waals surface area (Å²) >= 11 is 12.0. The van der Waals surface area contributed by atoms with Crippen LogP contribution in [0.15, 0.2) is 24.5 Å². The summed E-state index contributed by atoms with van der Waals surface area (Å²) in [5, 5.41) is 6.63. The van der Waals surface area contributed by atoms with Gasteiger partial charge >= 0.3 is 0 Å². The van der Waals surface area contributed by atoms with E-state index in [4.69, 9.17) is 32.7 Å². The van der Waals surface area contributed by atoms with Gasteiger partial charge < -0.3 is 20.1 Å². The summed E-state index contributed by atoms with van der Waals surface area (Å²) in [6, 6.07) is 3.07. The predicted molar refractivity (Wildman–Crippen MR) is 113 cm³/mol. The SMILES string of the molecule is CC(F)c1cnc(C(=O)NC23CC(NC(=O)C4COc5cc(Cl)c(Cl)cc5O4)(C2)C3)cn1. The van der Waals surface area contributed by atoms with E-state index in [-0.39, 0.29) is 40.9 Å². The third-order valence-electron chi connectivity index (χ3n) is 6.05. The largest absolute Gasteiger partial charge is 0.485 e. The maximum absolute atomic E-state index is 13.2. The molecule has 4 aliphatic rings. The molecule has 1 aliphatic heterocycles. The zero-order valence-corrected chi connectivity index (χ0v) is 18.5. The van der Waals surface area contributed by atoms with Crippen LogP contribution in [0.1, 0.15) is 48.5 Å². The lowest BCUT2D eigenvalue weighted by Crippen LogP contribution is -2.84. The minimum atomic E-state index is -1.25. The summed E-state index contributed by atoms with van der Waals surface area (Å²) in [5.74, 6) is 0.142. The molecule has 2 heterocycles. The fourth-order valence-electron chi connectivity index (χ4n) is 4.56. The van der Waals surface area contributed by atoms with Gasteiger partial charge in [-0.3, -0.25) is 14.6 Å². The Bertz CT molecular complexity index is 1090. The smallest absolute Gasteiger partial charge is 0.271 e. The van der Waals surface area contributed by atoms with Gasteiger partial charge in [-0.25, -0.2) is 9.37 Å². The molecule has 1 aromatic heterocycles. The van der Waals surface area contributed by atoms with E-state index in [9.17, 15) is 14.0 Å². The normalized spacial score (nSPS) is 28.1. The highest BCUT2D eigenvalue weighted by atomic mass is 35.5. The van der Waals surface area contributed by atoms with Crippen LogP contribution in [0.2, 0.25) is 10.0 Å². The van der Waals surface area contributed by atoms with Gasteiger partial charge in [-0.2, -0.15) is 0 Å². The van der Waals surface area contributed by atoms with Crippen molar-refractivity contribution in [2.24, 2.45) is 0 Å². The van der Waals surface area contributed by atoms with Crippen molar-refractivity contribution in [3.8, 4) is 11.5 Å². The summed E-state index contributed by atoms with van der Waals surface area (Å²) in [7, 11) is 0. The molecule has 0 radical (unpaired) electrons. The molecule has 0 saturated heterocycles. The summed E-state index contributed by atoms with van der Waals surface area (Å²) in [6.45, 7) is 1.41. The van der Waals surface area contributed by atoms with Crippen LogP contribution in [0.4, 0.5) is 4.39 Å². The zero-order valence-electron chi connectivity index (χ0n) is 17.0. The number of hydrogen-bond donors (Lipinski definition) is 2. The van der Waals surface area contributed by atoms with Crippen molar-refractivity contribution < 1.29 is 23.5 Å². The van der Waals surface area contributed by atoms with Crippen molar-refractivity contribution in [1.82, 2.24) is 20.6 Å². The molecule has 8 nitrogen and oxygen atoms in total. The number of hydrogen-bond acceptors (Lipinski definition) is 6. The van der Waals surface area contributed by atoms with Crippen LogP contribution >= 0.6 is 23.2 Å². The first-order chi connectivity index (χ1) is 15.2. The maximum atomic E-state index is 13.2. The van der Waals surface area contributed by atoms with Gasteiger partial charge in [0.15, 0.2) is 11.5 Å². The highest BCUT2D eigenvalue weighted by Crippen LogP contribution is 2.60. The first-order valence-corrected chi connectivity index (χ1v) is 10.8. The number of alkyl halides is 1. The summed E-state index contributed by atoms with van der Waals surface area (Å²) in [6.07, 6.45) is 2.28. The van der Waals surface area contributed by atoms with Gasteiger partial charge in [0.2, 0.25) is 6.10 Å². The molecule has 6 rings (SSSR count). The lowest BCUT2D eigenvalue weighted by Gasteiger charge is -2.70. The Kier molecular flexibility index (Phi) is 4.94. The van der Waals surface area contributed by atoms with Gasteiger partial charge in [0, 0.05) is 23.2 Å². The van der Waals surface area contributed by atoms with E-state index in [1.54, 1.807) is 6.07 Å². The molecule has 2 atom stereocenters. The van der Waals surface area contributed by atoms with E-state index in [0.717, 1.165) is 0 Å². The molecule has 168 valence electrons. The van der Waals surface area contributed by atoms with Crippen molar-refractivity contribution in [3.05, 3.63) is 46.0 Å². The Labute approximate surface area is 192 Å². The van der Waals surface area contributed by atoms with E-state index in [2.05, 4.69) is 20.6 Å². The minimum absolute atomic E-state index is 0.0565. The first-order valence-electron chi connectivity index (χ1n) is 10.1. The number of carbonyl (C=O) groups is 2. The number of carbonyl (C=O) groups excluding carboxylic acids is 2. The van der Waals surface area contributed by atoms with E-state index in [1.165, 1.54) is 25.4 Å². The Balaban J connectivity index is 1.14. The average Bonchev–Trinajstić information content (AvgIpc) is 2.71. The van der Waals surface area contributed by atoms with Crippen molar-refractivity contribution in [2.45, 2.75) is 49.5 Å². The van der Waals surface area contributed by atoms with Gasteiger partial charge in [0.05, 0.1) is 28.1 Å². The molecule has 2 bridgehead atoms. The fourth-order valence-corrected chi connectivity index (χ4v) is 4.86. The van der Waals surface area contributed by atoms with Crippen LogP contribution in [0.5, 0.6) is 11.5 Å². The Morgan fingerprint density at radius 2 is 1.75 bits per heavy atom. The van der Waals surface area contributed by atoms with E-state index in [0.29, 0.717) is 40.8 Å². The van der Waals surface area contributed by atoms with Crippen LogP contribution in [0.25, 0.3) is 0 Å². The van der Waals surface area contributed by atoms with Gasteiger partial charge in [0.1, 0.15) is 18.5 Å². The summed E-state index contributed by atoms with van der Waals surface area (Å²) in [4.78, 5) is 33.1. The predicted octanol–water partition coefficient (Wildman–Crippen LogP) is 3.18. The number of amides is 2. The van der Waals surface area contributed by atoms with Crippen LogP contribution in [0.3, 0.4) is 0 Å². The third kappa shape index (κ3) is 3.63. The Morgan fingerprint density at radius 1 is 1.09 bits per heavy atom. The molecule has 1 aromatic carbocycles. The average molecular weight is 481 g/mol. The number of halogens is 3. The Morgan fingerprint density at radius 3 is 2.38 bits per heavy atom. The lowest BCUT2D eigenvalue weighted by atomic mass is 9.44. The number of rotatable bonds is 5. The number of aromatic nitrogens is 2. The lowest BCUT2D eigenvalue weighted by molar-refractivity contribution is -0.147. The van der Waals surface area contributed by atoms with E-state index in [1.807, 2.05) is 0 Å².